The van der Waals surface area contributed by atoms with E-state index in [1.165, 1.54) is 12.8 Å². The van der Waals surface area contributed by atoms with Gasteiger partial charge in [0, 0.05) is 13.3 Å². The van der Waals surface area contributed by atoms with Gasteiger partial charge in [-0.3, -0.25) is 4.99 Å². The average molecular weight is 151 g/mol. The largest absolute Gasteiger partial charge is 0.297 e. The van der Waals surface area contributed by atoms with E-state index in [1.54, 1.807) is 13.3 Å². The first-order chi connectivity index (χ1) is 5.35. The first-order valence-corrected chi connectivity index (χ1v) is 4.06. The van der Waals surface area contributed by atoms with E-state index in [1.807, 2.05) is 12.2 Å². The van der Waals surface area contributed by atoms with Crippen molar-refractivity contribution in [2.24, 2.45) is 10.9 Å². The Labute approximate surface area is 69.5 Å². The summed E-state index contributed by atoms with van der Waals surface area (Å²) >= 11 is 0. The van der Waals surface area contributed by atoms with Gasteiger partial charge in [0.25, 0.3) is 0 Å². The fraction of sp³-hybridized carbons (Fsp3) is 0.500. The second-order valence-corrected chi connectivity index (χ2v) is 2.48. The molecule has 0 aliphatic carbocycles. The molecule has 1 atom stereocenters. The SMILES string of the molecule is C=CC(/C=C/C=NC)CCC. The molecule has 0 N–H and O–H groups in total. The number of hydrogen-bond donors (Lipinski definition) is 0. The van der Waals surface area contributed by atoms with Gasteiger partial charge in [0.15, 0.2) is 0 Å². The van der Waals surface area contributed by atoms with Gasteiger partial charge in [0.1, 0.15) is 0 Å². The molecule has 1 heteroatoms. The highest BCUT2D eigenvalue weighted by Gasteiger charge is 1.94. The summed E-state index contributed by atoms with van der Waals surface area (Å²) in [6, 6.07) is 0. The molecular weight excluding hydrogens is 134 g/mol. The van der Waals surface area contributed by atoms with Crippen molar-refractivity contribution in [1.82, 2.24) is 0 Å². The van der Waals surface area contributed by atoms with Crippen LogP contribution in [0.4, 0.5) is 0 Å². The molecule has 0 bridgehead atoms. The molecule has 0 saturated carbocycles. The van der Waals surface area contributed by atoms with Crippen molar-refractivity contribution in [3.63, 3.8) is 0 Å². The number of rotatable bonds is 5. The number of nitrogens with zero attached hydrogens (tertiary/aromatic N) is 1. The topological polar surface area (TPSA) is 12.4 Å². The lowest BCUT2D eigenvalue weighted by Gasteiger charge is -2.02. The van der Waals surface area contributed by atoms with E-state index in [2.05, 4.69) is 24.6 Å². The first kappa shape index (κ1) is 10.2. The molecule has 62 valence electrons. The van der Waals surface area contributed by atoms with Crippen LogP contribution < -0.4 is 0 Å². The summed E-state index contributed by atoms with van der Waals surface area (Å²) < 4.78 is 0. The maximum Gasteiger partial charge on any atom is 0.0277 e. The summed E-state index contributed by atoms with van der Waals surface area (Å²) in [6.07, 6.45) is 10.3. The molecule has 0 aromatic rings. The number of aliphatic imine (C=N–C) groups is 1. The molecule has 0 heterocycles. The normalized spacial score (nSPS) is 14.4. The highest BCUT2D eigenvalue weighted by molar-refractivity contribution is 5.70. The molecule has 1 nitrogen and oxygen atoms in total. The molecule has 0 aliphatic heterocycles. The number of allylic oxidation sites excluding steroid dienone is 3. The third-order valence-electron chi connectivity index (χ3n) is 1.52. The second-order valence-electron chi connectivity index (χ2n) is 2.48. The maximum atomic E-state index is 3.86. The van der Waals surface area contributed by atoms with Crippen LogP contribution in [0.1, 0.15) is 19.8 Å². The fourth-order valence-corrected chi connectivity index (χ4v) is 0.904. The highest BCUT2D eigenvalue weighted by atomic mass is 14.6. The van der Waals surface area contributed by atoms with E-state index >= 15 is 0 Å². The third kappa shape index (κ3) is 5.59. The van der Waals surface area contributed by atoms with Crippen molar-refractivity contribution in [2.45, 2.75) is 19.8 Å². The van der Waals surface area contributed by atoms with E-state index in [4.69, 9.17) is 0 Å². The molecule has 11 heavy (non-hydrogen) atoms. The van der Waals surface area contributed by atoms with Gasteiger partial charge >= 0.3 is 0 Å². The van der Waals surface area contributed by atoms with Gasteiger partial charge in [-0.05, 0) is 18.4 Å². The van der Waals surface area contributed by atoms with Crippen LogP contribution in [0.2, 0.25) is 0 Å². The highest BCUT2D eigenvalue weighted by Crippen LogP contribution is 2.07. The van der Waals surface area contributed by atoms with Crippen LogP contribution in [0.3, 0.4) is 0 Å². The van der Waals surface area contributed by atoms with Crippen LogP contribution in [0.25, 0.3) is 0 Å². The van der Waals surface area contributed by atoms with Gasteiger partial charge in [-0.2, -0.15) is 0 Å². The van der Waals surface area contributed by atoms with Crippen molar-refractivity contribution in [3.05, 3.63) is 24.8 Å². The Morgan fingerprint density at radius 2 is 2.27 bits per heavy atom. The summed E-state index contributed by atoms with van der Waals surface area (Å²) in [6.45, 7) is 5.94. The molecule has 0 aliphatic rings. The summed E-state index contributed by atoms with van der Waals surface area (Å²) in [5, 5.41) is 0. The van der Waals surface area contributed by atoms with Crippen LogP contribution in [0.15, 0.2) is 29.8 Å². The quantitative estimate of drug-likeness (QED) is 0.423. The zero-order valence-corrected chi connectivity index (χ0v) is 7.46. The lowest BCUT2D eigenvalue weighted by Crippen LogP contribution is -1.89. The van der Waals surface area contributed by atoms with Gasteiger partial charge < -0.3 is 0 Å². The first-order valence-electron chi connectivity index (χ1n) is 4.06. The standard InChI is InChI=1S/C10H17N/c1-4-7-10(5-2)8-6-9-11-3/h5-6,8-10H,2,4,7H2,1,3H3/b8-6+,11-9?. The maximum absolute atomic E-state index is 3.86. The van der Waals surface area contributed by atoms with Crippen LogP contribution in [0, 0.1) is 5.92 Å². The predicted molar refractivity (Wildman–Crippen MR) is 52.2 cm³/mol. The minimum Gasteiger partial charge on any atom is -0.297 e. The lowest BCUT2D eigenvalue weighted by atomic mass is 10.0. The molecule has 0 amide bonds. The minimum absolute atomic E-state index is 0.512. The van der Waals surface area contributed by atoms with Crippen LogP contribution >= 0.6 is 0 Å². The second kappa shape index (κ2) is 7.26. The predicted octanol–water partition coefficient (Wildman–Crippen LogP) is 2.85. The Bertz CT molecular complexity index is 145. The van der Waals surface area contributed by atoms with Crippen molar-refractivity contribution in [3.8, 4) is 0 Å². The molecule has 0 rings (SSSR count). The Balaban J connectivity index is 3.75. The zero-order valence-electron chi connectivity index (χ0n) is 7.46. The summed E-state index contributed by atoms with van der Waals surface area (Å²) in [5.74, 6) is 0.512. The summed E-state index contributed by atoms with van der Waals surface area (Å²) in [5.41, 5.74) is 0. The Kier molecular flexibility index (Phi) is 6.70. The molecule has 0 radical (unpaired) electrons. The third-order valence-corrected chi connectivity index (χ3v) is 1.52. The van der Waals surface area contributed by atoms with Gasteiger partial charge in [0.2, 0.25) is 0 Å². The van der Waals surface area contributed by atoms with Crippen molar-refractivity contribution >= 4 is 6.21 Å². The minimum atomic E-state index is 0.512. The monoisotopic (exact) mass is 151 g/mol. The van der Waals surface area contributed by atoms with E-state index in [0.29, 0.717) is 5.92 Å². The average Bonchev–Trinajstić information content (AvgIpc) is 2.03. The van der Waals surface area contributed by atoms with Crippen molar-refractivity contribution in [2.75, 3.05) is 7.05 Å². The molecule has 0 saturated heterocycles. The fourth-order valence-electron chi connectivity index (χ4n) is 0.904. The van der Waals surface area contributed by atoms with E-state index < -0.39 is 0 Å². The Morgan fingerprint density at radius 1 is 1.55 bits per heavy atom. The molecule has 0 spiro atoms. The van der Waals surface area contributed by atoms with E-state index in [9.17, 15) is 0 Å². The Hall–Kier alpha value is -0.850. The van der Waals surface area contributed by atoms with Gasteiger partial charge in [0.05, 0.1) is 0 Å². The van der Waals surface area contributed by atoms with E-state index in [0.717, 1.165) is 0 Å². The lowest BCUT2D eigenvalue weighted by molar-refractivity contribution is 0.692. The molecule has 0 aromatic carbocycles. The zero-order chi connectivity index (χ0) is 8.53. The molecule has 1 unspecified atom stereocenters. The van der Waals surface area contributed by atoms with Gasteiger partial charge in [-0.15, -0.1) is 6.58 Å². The van der Waals surface area contributed by atoms with Crippen LogP contribution in [0.5, 0.6) is 0 Å². The van der Waals surface area contributed by atoms with Crippen LogP contribution in [-0.4, -0.2) is 13.3 Å². The van der Waals surface area contributed by atoms with Gasteiger partial charge in [-0.1, -0.05) is 25.5 Å². The summed E-state index contributed by atoms with van der Waals surface area (Å²) in [7, 11) is 1.77. The van der Waals surface area contributed by atoms with Crippen LogP contribution in [-0.2, 0) is 0 Å². The molecule has 0 aromatic heterocycles. The van der Waals surface area contributed by atoms with E-state index in [-0.39, 0.29) is 0 Å². The van der Waals surface area contributed by atoms with Crippen molar-refractivity contribution < 1.29 is 0 Å². The van der Waals surface area contributed by atoms with Crippen molar-refractivity contribution in [1.29, 1.82) is 0 Å². The Morgan fingerprint density at radius 3 is 2.73 bits per heavy atom. The molecule has 0 fully saturated rings. The number of hydrogen-bond acceptors (Lipinski definition) is 1. The molecular formula is C10H17N. The van der Waals surface area contributed by atoms with Gasteiger partial charge in [-0.25, -0.2) is 0 Å². The summed E-state index contributed by atoms with van der Waals surface area (Å²) in [4.78, 5) is 3.86. The smallest absolute Gasteiger partial charge is 0.0277 e.